The zero-order valence-corrected chi connectivity index (χ0v) is 4.22. The van der Waals surface area contributed by atoms with Gasteiger partial charge in [-0.05, 0) is 11.6 Å². The second kappa shape index (κ2) is 2.35. The van der Waals surface area contributed by atoms with Crippen molar-refractivity contribution in [2.24, 2.45) is 0 Å². The van der Waals surface area contributed by atoms with E-state index >= 15 is 0 Å². The van der Waals surface area contributed by atoms with Crippen LogP contribution in [-0.2, 0) is 0 Å². The second-order valence-electron chi connectivity index (χ2n) is 0.955. The summed E-state index contributed by atoms with van der Waals surface area (Å²) in [5.41, 5.74) is 0. The lowest BCUT2D eigenvalue weighted by Gasteiger charge is -1.99. The van der Waals surface area contributed by atoms with E-state index in [4.69, 9.17) is 0 Å². The van der Waals surface area contributed by atoms with E-state index in [2.05, 4.69) is 11.6 Å². The van der Waals surface area contributed by atoms with Crippen molar-refractivity contribution in [3.05, 3.63) is 12.2 Å². The van der Waals surface area contributed by atoms with Gasteiger partial charge in [0.25, 0.3) is 0 Å². The molecule has 0 fully saturated rings. The Balaban J connectivity index is 4.03. The Hall–Kier alpha value is -0.250. The predicted molar refractivity (Wildman–Crippen MR) is 21.1 cm³/mol. The van der Waals surface area contributed by atoms with Crippen molar-refractivity contribution in [1.29, 1.82) is 0 Å². The normalized spacial score (nSPS) is 14.4. The molecule has 0 unspecified atom stereocenters. The van der Waals surface area contributed by atoms with Crippen molar-refractivity contribution in [2.75, 3.05) is 0 Å². The quantitative estimate of drug-likeness (QED) is 0.396. The maximum absolute atomic E-state index is 11.2. The van der Waals surface area contributed by atoms with Gasteiger partial charge in [0, 0.05) is 0 Å². The Morgan fingerprint density at radius 3 is 1.88 bits per heavy atom. The van der Waals surface area contributed by atoms with Gasteiger partial charge in [-0.2, -0.15) is 8.78 Å². The largest absolute Gasteiger partial charge is 0.376 e. The average molecular weight is 148 g/mol. The van der Waals surface area contributed by atoms with Crippen molar-refractivity contribution < 1.29 is 17.6 Å². The molecule has 0 saturated heterocycles. The summed E-state index contributed by atoms with van der Waals surface area (Å²) in [6.07, 6.45) is -0.882. The van der Waals surface area contributed by atoms with Crippen LogP contribution in [0, 0.1) is 0 Å². The molecule has 0 aliphatic carbocycles. The first-order chi connectivity index (χ1) is 3.48. The van der Waals surface area contributed by atoms with Crippen LogP contribution in [0.25, 0.3) is 0 Å². The van der Waals surface area contributed by atoms with Crippen molar-refractivity contribution in [2.45, 2.75) is 5.38 Å². The summed E-state index contributed by atoms with van der Waals surface area (Å²) in [6, 6.07) is 0. The Bertz CT molecular complexity index is 102. The van der Waals surface area contributed by atoms with Crippen molar-refractivity contribution in [3.63, 3.8) is 0 Å². The molecule has 0 aromatic carbocycles. The van der Waals surface area contributed by atoms with Crippen LogP contribution >= 0.6 is 11.6 Å². The van der Waals surface area contributed by atoms with E-state index in [-0.39, 0.29) is 0 Å². The van der Waals surface area contributed by atoms with Gasteiger partial charge in [-0.3, -0.25) is 0 Å². The lowest BCUT2D eigenvalue weighted by molar-refractivity contribution is 0.107. The van der Waals surface area contributed by atoms with E-state index < -0.39 is 17.5 Å². The topological polar surface area (TPSA) is 0 Å². The Labute approximate surface area is 47.7 Å². The molecule has 0 saturated carbocycles. The van der Waals surface area contributed by atoms with E-state index in [1.165, 1.54) is 0 Å². The van der Waals surface area contributed by atoms with E-state index in [1.54, 1.807) is 0 Å². The fraction of sp³-hybridized carbons (Fsp3) is 0.333. The van der Waals surface area contributed by atoms with Crippen LogP contribution in [-0.4, -0.2) is 5.38 Å². The lowest BCUT2D eigenvalue weighted by Crippen LogP contribution is -2.04. The highest BCUT2D eigenvalue weighted by Gasteiger charge is 2.31. The number of allylic oxidation sites excluding steroid dienone is 1. The van der Waals surface area contributed by atoms with Gasteiger partial charge in [0.15, 0.2) is 0 Å². The molecule has 0 aliphatic rings. The summed E-state index contributed by atoms with van der Waals surface area (Å²) in [6.45, 7) is 0. The summed E-state index contributed by atoms with van der Waals surface area (Å²) in [5.74, 6) is -2.28. The molecule has 0 spiro atoms. The average Bonchev–Trinajstić information content (AvgIpc) is 1.62. The lowest BCUT2D eigenvalue weighted by atomic mass is 10.6. The highest BCUT2D eigenvalue weighted by atomic mass is 35.5. The molecule has 8 heavy (non-hydrogen) atoms. The Morgan fingerprint density at radius 2 is 1.88 bits per heavy atom. The fourth-order valence-electron chi connectivity index (χ4n) is 0.0619. The molecule has 0 rings (SSSR count). The number of hydrogen-bond donors (Lipinski definition) is 0. The first-order valence-electron chi connectivity index (χ1n) is 1.51. The standard InChI is InChI=1S/C3HClF4/c4-3(7,8)2(6)1-5/h1H/b2-1-. The van der Waals surface area contributed by atoms with Crippen LogP contribution in [0.5, 0.6) is 0 Å². The predicted octanol–water partition coefficient (Wildman–Crippen LogP) is 2.60. The smallest absolute Gasteiger partial charge is 0.212 e. The molecular formula is C3HClF4. The molecule has 0 aromatic heterocycles. The summed E-state index contributed by atoms with van der Waals surface area (Å²) < 4.78 is 44.4. The first-order valence-corrected chi connectivity index (χ1v) is 1.89. The van der Waals surface area contributed by atoms with Crippen LogP contribution in [0.15, 0.2) is 12.2 Å². The van der Waals surface area contributed by atoms with Crippen LogP contribution in [0.1, 0.15) is 0 Å². The number of rotatable bonds is 1. The third-order valence-electron chi connectivity index (χ3n) is 0.367. The van der Waals surface area contributed by atoms with E-state index in [0.717, 1.165) is 0 Å². The first kappa shape index (κ1) is 7.75. The number of alkyl halides is 3. The van der Waals surface area contributed by atoms with Gasteiger partial charge in [0.05, 0.1) is 0 Å². The highest BCUT2D eigenvalue weighted by molar-refractivity contribution is 6.23. The second-order valence-corrected chi connectivity index (χ2v) is 1.43. The van der Waals surface area contributed by atoms with E-state index in [1.807, 2.05) is 0 Å². The van der Waals surface area contributed by atoms with Crippen molar-refractivity contribution in [1.82, 2.24) is 0 Å². The third kappa shape index (κ3) is 2.16. The van der Waals surface area contributed by atoms with Gasteiger partial charge in [0.2, 0.25) is 5.83 Å². The molecule has 0 amide bonds. The fourth-order valence-corrected chi connectivity index (χ4v) is 0.103. The van der Waals surface area contributed by atoms with Gasteiger partial charge >= 0.3 is 5.38 Å². The zero-order valence-electron chi connectivity index (χ0n) is 3.47. The molecule has 48 valence electrons. The SMILES string of the molecule is F/C=C(\F)C(F)(F)Cl. The Morgan fingerprint density at radius 1 is 1.50 bits per heavy atom. The van der Waals surface area contributed by atoms with Crippen LogP contribution in [0.4, 0.5) is 17.6 Å². The molecule has 0 N–H and O–H groups in total. The monoisotopic (exact) mass is 148 g/mol. The summed E-state index contributed by atoms with van der Waals surface area (Å²) in [5, 5.41) is -4.20. The van der Waals surface area contributed by atoms with Gasteiger partial charge in [0.1, 0.15) is 6.33 Å². The number of hydrogen-bond acceptors (Lipinski definition) is 0. The minimum atomic E-state index is -4.20. The van der Waals surface area contributed by atoms with Gasteiger partial charge in [-0.15, -0.1) is 0 Å². The van der Waals surface area contributed by atoms with Crippen LogP contribution in [0.3, 0.4) is 0 Å². The highest BCUT2D eigenvalue weighted by Crippen LogP contribution is 2.29. The molecule has 0 heterocycles. The van der Waals surface area contributed by atoms with Crippen molar-refractivity contribution >= 4 is 11.6 Å². The zero-order chi connectivity index (χ0) is 6.78. The van der Waals surface area contributed by atoms with Crippen LogP contribution in [0.2, 0.25) is 0 Å². The third-order valence-corrected chi connectivity index (χ3v) is 0.547. The summed E-state index contributed by atoms with van der Waals surface area (Å²) >= 11 is 3.97. The molecule has 0 atom stereocenters. The molecular weight excluding hydrogens is 147 g/mol. The van der Waals surface area contributed by atoms with Crippen molar-refractivity contribution in [3.8, 4) is 0 Å². The van der Waals surface area contributed by atoms with Gasteiger partial charge < -0.3 is 0 Å². The molecule has 0 aromatic rings. The Kier molecular flexibility index (Phi) is 2.27. The summed E-state index contributed by atoms with van der Waals surface area (Å²) in [4.78, 5) is 0. The minimum absolute atomic E-state index is 0.882. The molecule has 0 aliphatic heterocycles. The van der Waals surface area contributed by atoms with Gasteiger partial charge in [-0.25, -0.2) is 8.78 Å². The maximum atomic E-state index is 11.2. The molecule has 0 bridgehead atoms. The summed E-state index contributed by atoms with van der Waals surface area (Å²) in [7, 11) is 0. The maximum Gasteiger partial charge on any atom is 0.376 e. The molecule has 0 radical (unpaired) electrons. The minimum Gasteiger partial charge on any atom is -0.212 e. The van der Waals surface area contributed by atoms with E-state index in [0.29, 0.717) is 0 Å². The molecule has 5 heteroatoms. The van der Waals surface area contributed by atoms with Crippen LogP contribution < -0.4 is 0 Å². The molecule has 0 nitrogen and oxygen atoms in total. The van der Waals surface area contributed by atoms with Gasteiger partial charge in [-0.1, -0.05) is 0 Å². The van der Waals surface area contributed by atoms with E-state index in [9.17, 15) is 17.6 Å². The number of halogens is 5.